The summed E-state index contributed by atoms with van der Waals surface area (Å²) in [6.45, 7) is 2.52. The van der Waals surface area contributed by atoms with Gasteiger partial charge in [0.15, 0.2) is 0 Å². The average Bonchev–Trinajstić information content (AvgIpc) is 2.39. The molecule has 2 rings (SSSR count). The van der Waals surface area contributed by atoms with Crippen LogP contribution in [0.1, 0.15) is 12.5 Å². The zero-order valence-corrected chi connectivity index (χ0v) is 11.8. The quantitative estimate of drug-likeness (QED) is 0.826. The van der Waals surface area contributed by atoms with Crippen molar-refractivity contribution in [2.24, 2.45) is 5.73 Å². The number of nitrogens with two attached hydrogens (primary N) is 1. The van der Waals surface area contributed by atoms with E-state index in [2.05, 4.69) is 5.32 Å². The number of rotatable bonds is 5. The van der Waals surface area contributed by atoms with E-state index >= 15 is 0 Å². The van der Waals surface area contributed by atoms with E-state index in [4.69, 9.17) is 22.7 Å². The standard InChI is InChI=1S/C15H15FN2OS/c1-2-19-12-5-3-4-10(8-12)18-11-6-7-13(15(17)20)14(16)9-11/h3-9,18H,2H2,1H3,(H2,17,20). The summed E-state index contributed by atoms with van der Waals surface area (Å²) in [6.07, 6.45) is 0. The summed E-state index contributed by atoms with van der Waals surface area (Å²) in [4.78, 5) is 0.0485. The Hall–Kier alpha value is -2.14. The van der Waals surface area contributed by atoms with Gasteiger partial charge in [-0.1, -0.05) is 18.3 Å². The second kappa shape index (κ2) is 6.34. The molecule has 2 aromatic carbocycles. The Kier molecular flexibility index (Phi) is 4.53. The van der Waals surface area contributed by atoms with E-state index in [9.17, 15) is 4.39 Å². The van der Waals surface area contributed by atoms with E-state index in [1.54, 1.807) is 12.1 Å². The highest BCUT2D eigenvalue weighted by Gasteiger charge is 2.06. The van der Waals surface area contributed by atoms with Crippen molar-refractivity contribution >= 4 is 28.6 Å². The third-order valence-electron chi connectivity index (χ3n) is 2.67. The van der Waals surface area contributed by atoms with Crippen molar-refractivity contribution in [3.8, 4) is 5.75 Å². The smallest absolute Gasteiger partial charge is 0.135 e. The average molecular weight is 290 g/mol. The summed E-state index contributed by atoms with van der Waals surface area (Å²) in [5, 5.41) is 3.11. The molecule has 20 heavy (non-hydrogen) atoms. The summed E-state index contributed by atoms with van der Waals surface area (Å²) in [5.41, 5.74) is 7.11. The minimum Gasteiger partial charge on any atom is -0.494 e. The number of thiocarbonyl (C=S) groups is 1. The van der Waals surface area contributed by atoms with Crippen molar-refractivity contribution in [3.05, 3.63) is 53.8 Å². The van der Waals surface area contributed by atoms with Crippen LogP contribution < -0.4 is 15.8 Å². The molecule has 0 aliphatic carbocycles. The van der Waals surface area contributed by atoms with E-state index in [-0.39, 0.29) is 10.6 Å². The second-order valence-electron chi connectivity index (χ2n) is 4.14. The Bertz CT molecular complexity index is 631. The summed E-state index contributed by atoms with van der Waals surface area (Å²) in [7, 11) is 0. The molecule has 0 radical (unpaired) electrons. The van der Waals surface area contributed by atoms with E-state index < -0.39 is 5.82 Å². The van der Waals surface area contributed by atoms with Crippen molar-refractivity contribution < 1.29 is 9.13 Å². The van der Waals surface area contributed by atoms with E-state index in [0.717, 1.165) is 11.4 Å². The zero-order chi connectivity index (χ0) is 14.5. The van der Waals surface area contributed by atoms with Crippen LogP contribution in [0.3, 0.4) is 0 Å². The van der Waals surface area contributed by atoms with Gasteiger partial charge in [0.25, 0.3) is 0 Å². The first-order valence-electron chi connectivity index (χ1n) is 6.19. The third kappa shape index (κ3) is 3.45. The van der Waals surface area contributed by atoms with Crippen LogP contribution in [-0.2, 0) is 0 Å². The fourth-order valence-electron chi connectivity index (χ4n) is 1.79. The van der Waals surface area contributed by atoms with Gasteiger partial charge in [-0.15, -0.1) is 0 Å². The van der Waals surface area contributed by atoms with Gasteiger partial charge in [-0.25, -0.2) is 4.39 Å². The Morgan fingerprint density at radius 1 is 1.25 bits per heavy atom. The molecule has 0 amide bonds. The number of ether oxygens (including phenoxy) is 1. The van der Waals surface area contributed by atoms with Crippen LogP contribution in [0, 0.1) is 5.82 Å². The van der Waals surface area contributed by atoms with E-state index in [1.807, 2.05) is 31.2 Å². The van der Waals surface area contributed by atoms with Crippen molar-refractivity contribution in [1.82, 2.24) is 0 Å². The van der Waals surface area contributed by atoms with Crippen LogP contribution in [0.4, 0.5) is 15.8 Å². The van der Waals surface area contributed by atoms with Crippen LogP contribution in [0.5, 0.6) is 5.75 Å². The molecule has 0 saturated carbocycles. The van der Waals surface area contributed by atoms with Crippen molar-refractivity contribution in [1.29, 1.82) is 0 Å². The van der Waals surface area contributed by atoms with Gasteiger partial charge in [-0.3, -0.25) is 0 Å². The molecule has 104 valence electrons. The van der Waals surface area contributed by atoms with Crippen LogP contribution in [0.25, 0.3) is 0 Å². The predicted molar refractivity (Wildman–Crippen MR) is 83.2 cm³/mol. The Labute approximate surface area is 122 Å². The molecule has 0 aliphatic rings. The van der Waals surface area contributed by atoms with Crippen LogP contribution in [0.2, 0.25) is 0 Å². The van der Waals surface area contributed by atoms with Crippen molar-refractivity contribution in [2.45, 2.75) is 6.92 Å². The van der Waals surface area contributed by atoms with Gasteiger partial charge in [0.05, 0.1) is 6.61 Å². The number of hydrogen-bond acceptors (Lipinski definition) is 3. The van der Waals surface area contributed by atoms with Gasteiger partial charge < -0.3 is 15.8 Å². The van der Waals surface area contributed by atoms with Gasteiger partial charge in [0, 0.05) is 23.0 Å². The SMILES string of the molecule is CCOc1cccc(Nc2ccc(C(N)=S)c(F)c2)c1. The first-order valence-corrected chi connectivity index (χ1v) is 6.60. The van der Waals surface area contributed by atoms with Gasteiger partial charge in [0.2, 0.25) is 0 Å². The number of benzene rings is 2. The molecule has 2 aromatic rings. The van der Waals surface area contributed by atoms with Gasteiger partial charge >= 0.3 is 0 Å². The van der Waals surface area contributed by atoms with Crippen LogP contribution in [-0.4, -0.2) is 11.6 Å². The number of nitrogens with one attached hydrogen (secondary N) is 1. The van der Waals surface area contributed by atoms with E-state index in [1.165, 1.54) is 6.07 Å². The lowest BCUT2D eigenvalue weighted by Crippen LogP contribution is -2.11. The number of halogens is 1. The molecule has 0 spiro atoms. The molecule has 0 unspecified atom stereocenters. The molecule has 0 heterocycles. The normalized spacial score (nSPS) is 10.1. The molecular formula is C15H15FN2OS. The second-order valence-corrected chi connectivity index (χ2v) is 4.58. The highest BCUT2D eigenvalue weighted by molar-refractivity contribution is 7.80. The highest BCUT2D eigenvalue weighted by atomic mass is 32.1. The number of hydrogen-bond donors (Lipinski definition) is 2. The third-order valence-corrected chi connectivity index (χ3v) is 2.89. The van der Waals surface area contributed by atoms with Gasteiger partial charge in [0.1, 0.15) is 16.6 Å². The largest absolute Gasteiger partial charge is 0.494 e. The predicted octanol–water partition coefficient (Wildman–Crippen LogP) is 3.60. The molecule has 0 saturated heterocycles. The first-order chi connectivity index (χ1) is 9.60. The summed E-state index contributed by atoms with van der Waals surface area (Å²) >= 11 is 4.77. The lowest BCUT2D eigenvalue weighted by atomic mass is 10.2. The molecule has 0 bridgehead atoms. The van der Waals surface area contributed by atoms with Crippen molar-refractivity contribution in [3.63, 3.8) is 0 Å². The lowest BCUT2D eigenvalue weighted by Gasteiger charge is -2.10. The Morgan fingerprint density at radius 2 is 2.00 bits per heavy atom. The number of anilines is 2. The fraction of sp³-hybridized carbons (Fsp3) is 0.133. The zero-order valence-electron chi connectivity index (χ0n) is 11.0. The summed E-state index contributed by atoms with van der Waals surface area (Å²) < 4.78 is 19.2. The molecule has 0 atom stereocenters. The minimum absolute atomic E-state index is 0.0485. The van der Waals surface area contributed by atoms with Gasteiger partial charge in [-0.2, -0.15) is 0 Å². The van der Waals surface area contributed by atoms with Gasteiger partial charge in [-0.05, 0) is 37.3 Å². The first kappa shape index (κ1) is 14.3. The summed E-state index contributed by atoms with van der Waals surface area (Å²) in [5.74, 6) is 0.321. The lowest BCUT2D eigenvalue weighted by molar-refractivity contribution is 0.340. The van der Waals surface area contributed by atoms with Crippen LogP contribution >= 0.6 is 12.2 Å². The monoisotopic (exact) mass is 290 g/mol. The molecule has 0 aliphatic heterocycles. The van der Waals surface area contributed by atoms with Crippen molar-refractivity contribution in [2.75, 3.05) is 11.9 Å². The van der Waals surface area contributed by atoms with Crippen LogP contribution in [0.15, 0.2) is 42.5 Å². The molecule has 0 fully saturated rings. The maximum Gasteiger partial charge on any atom is 0.135 e. The molecule has 0 aromatic heterocycles. The Balaban J connectivity index is 2.19. The topological polar surface area (TPSA) is 47.3 Å². The maximum absolute atomic E-state index is 13.8. The Morgan fingerprint density at radius 3 is 2.65 bits per heavy atom. The molecule has 5 heteroatoms. The molecular weight excluding hydrogens is 275 g/mol. The molecule has 3 nitrogen and oxygen atoms in total. The minimum atomic E-state index is -0.441. The van der Waals surface area contributed by atoms with E-state index in [0.29, 0.717) is 12.3 Å². The highest BCUT2D eigenvalue weighted by Crippen LogP contribution is 2.23. The fourth-order valence-corrected chi connectivity index (χ4v) is 1.96. The molecule has 3 N–H and O–H groups in total. The summed E-state index contributed by atoms with van der Waals surface area (Å²) in [6, 6.07) is 12.1. The maximum atomic E-state index is 13.8.